The highest BCUT2D eigenvalue weighted by molar-refractivity contribution is 5.49. The van der Waals surface area contributed by atoms with Crippen molar-refractivity contribution in [3.05, 3.63) is 35.6 Å². The maximum Gasteiger partial charge on any atom is 0.123 e. The van der Waals surface area contributed by atoms with Crippen molar-refractivity contribution in [2.45, 2.75) is 44.7 Å². The lowest BCUT2D eigenvalue weighted by Crippen LogP contribution is -2.07. The fraction of sp³-hybridized carbons (Fsp3) is 0.562. The van der Waals surface area contributed by atoms with Crippen molar-refractivity contribution >= 4 is 6.29 Å². The molecule has 1 aromatic carbocycles. The van der Waals surface area contributed by atoms with Crippen LogP contribution < -0.4 is 0 Å². The van der Waals surface area contributed by atoms with E-state index in [9.17, 15) is 13.6 Å². The highest BCUT2D eigenvalue weighted by atomic mass is 19.1. The lowest BCUT2D eigenvalue weighted by atomic mass is 10.1. The van der Waals surface area contributed by atoms with Gasteiger partial charge in [0.1, 0.15) is 18.3 Å². The normalized spacial score (nSPS) is 12.3. The summed E-state index contributed by atoms with van der Waals surface area (Å²) in [6, 6.07) is 6.51. The van der Waals surface area contributed by atoms with Gasteiger partial charge in [0.25, 0.3) is 0 Å². The molecule has 0 N–H and O–H groups in total. The Kier molecular flexibility index (Phi) is 8.79. The summed E-state index contributed by atoms with van der Waals surface area (Å²) in [5.74, 6) is -0.215. The summed E-state index contributed by atoms with van der Waals surface area (Å²) in [4.78, 5) is 10.1. The molecular formula is C16H22F2O2. The second-order valence-corrected chi connectivity index (χ2v) is 4.83. The summed E-state index contributed by atoms with van der Waals surface area (Å²) in [6.07, 6.45) is 3.48. The van der Waals surface area contributed by atoms with Gasteiger partial charge in [-0.05, 0) is 43.4 Å². The predicted molar refractivity (Wildman–Crippen MR) is 75.0 cm³/mol. The highest BCUT2D eigenvalue weighted by Gasteiger charge is 2.05. The number of carbonyl (C=O) groups excluding carboxylic acids is 1. The molecule has 0 aromatic heterocycles. The summed E-state index contributed by atoms with van der Waals surface area (Å²) in [5.41, 5.74) is 1.11. The molecule has 1 unspecified atom stereocenters. The Labute approximate surface area is 119 Å². The van der Waals surface area contributed by atoms with Gasteiger partial charge in [0.2, 0.25) is 0 Å². The minimum atomic E-state index is -0.945. The first-order valence-electron chi connectivity index (χ1n) is 7.12. The van der Waals surface area contributed by atoms with E-state index in [-0.39, 0.29) is 18.7 Å². The van der Waals surface area contributed by atoms with E-state index in [2.05, 4.69) is 0 Å². The molecule has 0 heterocycles. The van der Waals surface area contributed by atoms with Crippen LogP contribution in [0.2, 0.25) is 0 Å². The molecule has 0 radical (unpaired) electrons. The highest BCUT2D eigenvalue weighted by Crippen LogP contribution is 2.08. The largest absolute Gasteiger partial charge is 0.381 e. The van der Waals surface area contributed by atoms with Gasteiger partial charge < -0.3 is 9.53 Å². The topological polar surface area (TPSA) is 26.3 Å². The van der Waals surface area contributed by atoms with Crippen molar-refractivity contribution in [1.82, 2.24) is 0 Å². The van der Waals surface area contributed by atoms with Crippen molar-refractivity contribution < 1.29 is 18.3 Å². The number of hydrogen-bond acceptors (Lipinski definition) is 2. The average molecular weight is 284 g/mol. The fourth-order valence-electron chi connectivity index (χ4n) is 1.89. The van der Waals surface area contributed by atoms with E-state index in [0.717, 1.165) is 31.1 Å². The lowest BCUT2D eigenvalue weighted by molar-refractivity contribution is -0.108. The van der Waals surface area contributed by atoms with Crippen LogP contribution >= 0.6 is 0 Å². The van der Waals surface area contributed by atoms with Crippen molar-refractivity contribution in [2.24, 2.45) is 0 Å². The first-order valence-corrected chi connectivity index (χ1v) is 7.12. The maximum atomic E-state index is 13.1. The van der Waals surface area contributed by atoms with Crippen LogP contribution in [0.5, 0.6) is 0 Å². The Bertz CT molecular complexity index is 365. The van der Waals surface area contributed by atoms with Gasteiger partial charge in [0, 0.05) is 26.1 Å². The monoisotopic (exact) mass is 284 g/mol. The molecule has 0 amide bonds. The van der Waals surface area contributed by atoms with Crippen LogP contribution in [0.15, 0.2) is 24.3 Å². The zero-order valence-electron chi connectivity index (χ0n) is 11.7. The number of ether oxygens (including phenoxy) is 1. The molecule has 0 spiro atoms. The minimum absolute atomic E-state index is 0.215. The lowest BCUT2D eigenvalue weighted by Gasteiger charge is -2.07. The van der Waals surface area contributed by atoms with E-state index >= 15 is 0 Å². The zero-order valence-corrected chi connectivity index (χ0v) is 11.7. The van der Waals surface area contributed by atoms with Gasteiger partial charge in [-0.15, -0.1) is 0 Å². The molecule has 0 saturated heterocycles. The van der Waals surface area contributed by atoms with Crippen LogP contribution in [-0.2, 0) is 16.0 Å². The van der Waals surface area contributed by atoms with Crippen molar-refractivity contribution in [1.29, 1.82) is 0 Å². The number of alkyl halides is 1. The molecule has 0 aliphatic rings. The Morgan fingerprint density at radius 3 is 2.55 bits per heavy atom. The molecule has 112 valence electrons. The number of unbranched alkanes of at least 4 members (excludes halogenated alkanes) is 1. The van der Waals surface area contributed by atoms with Gasteiger partial charge in [0.05, 0.1) is 0 Å². The zero-order chi connectivity index (χ0) is 14.6. The maximum absolute atomic E-state index is 13.1. The molecular weight excluding hydrogens is 262 g/mol. The number of halogens is 2. The van der Waals surface area contributed by atoms with Crippen LogP contribution in [0.1, 0.15) is 37.7 Å². The molecule has 0 bridgehead atoms. The van der Waals surface area contributed by atoms with E-state index in [1.807, 2.05) is 0 Å². The Morgan fingerprint density at radius 1 is 1.10 bits per heavy atom. The van der Waals surface area contributed by atoms with Gasteiger partial charge in [-0.1, -0.05) is 12.1 Å². The predicted octanol–water partition coefficient (Wildman–Crippen LogP) is 3.87. The summed E-state index contributed by atoms with van der Waals surface area (Å²) in [6.45, 7) is 1.01. The van der Waals surface area contributed by atoms with Crippen LogP contribution in [-0.4, -0.2) is 25.7 Å². The second-order valence-electron chi connectivity index (χ2n) is 4.83. The smallest absolute Gasteiger partial charge is 0.123 e. The van der Waals surface area contributed by atoms with Gasteiger partial charge in [-0.3, -0.25) is 0 Å². The Hall–Kier alpha value is -1.29. The van der Waals surface area contributed by atoms with Gasteiger partial charge in [-0.2, -0.15) is 0 Å². The third kappa shape index (κ3) is 8.00. The third-order valence-corrected chi connectivity index (χ3v) is 3.09. The molecule has 20 heavy (non-hydrogen) atoms. The molecule has 0 fully saturated rings. The van der Waals surface area contributed by atoms with Crippen LogP contribution in [0.25, 0.3) is 0 Å². The van der Waals surface area contributed by atoms with Crippen LogP contribution in [0.4, 0.5) is 8.78 Å². The average Bonchev–Trinajstić information content (AvgIpc) is 2.46. The van der Waals surface area contributed by atoms with E-state index in [0.29, 0.717) is 19.6 Å². The molecule has 4 heteroatoms. The first kappa shape index (κ1) is 16.8. The number of rotatable bonds is 11. The summed E-state index contributed by atoms with van der Waals surface area (Å²) < 4.78 is 31.2. The Morgan fingerprint density at radius 2 is 1.85 bits per heavy atom. The molecule has 1 rings (SSSR count). The number of carbonyl (C=O) groups is 1. The molecule has 1 atom stereocenters. The molecule has 1 aromatic rings. The van der Waals surface area contributed by atoms with Gasteiger partial charge in [-0.25, -0.2) is 8.78 Å². The fourth-order valence-corrected chi connectivity index (χ4v) is 1.89. The molecule has 0 saturated carbocycles. The number of aldehydes is 1. The first-order chi connectivity index (χ1) is 9.72. The number of aryl methyl sites for hydroxylation is 1. The quantitative estimate of drug-likeness (QED) is 0.455. The second kappa shape index (κ2) is 10.5. The van der Waals surface area contributed by atoms with E-state index in [1.165, 1.54) is 12.1 Å². The van der Waals surface area contributed by atoms with Gasteiger partial charge in [0.15, 0.2) is 0 Å². The van der Waals surface area contributed by atoms with Crippen molar-refractivity contribution in [2.75, 3.05) is 13.2 Å². The summed E-state index contributed by atoms with van der Waals surface area (Å²) >= 11 is 0. The van der Waals surface area contributed by atoms with E-state index in [1.54, 1.807) is 12.1 Å². The molecule has 0 aliphatic carbocycles. The summed E-state index contributed by atoms with van der Waals surface area (Å²) in [7, 11) is 0. The minimum Gasteiger partial charge on any atom is -0.381 e. The Balaban J connectivity index is 1.94. The van der Waals surface area contributed by atoms with Gasteiger partial charge >= 0.3 is 0 Å². The van der Waals surface area contributed by atoms with Crippen LogP contribution in [0.3, 0.4) is 0 Å². The SMILES string of the molecule is O=CCCC(F)CCOCCCCc1ccc(F)cc1. The van der Waals surface area contributed by atoms with Crippen molar-refractivity contribution in [3.63, 3.8) is 0 Å². The van der Waals surface area contributed by atoms with Crippen molar-refractivity contribution in [3.8, 4) is 0 Å². The summed E-state index contributed by atoms with van der Waals surface area (Å²) in [5, 5.41) is 0. The third-order valence-electron chi connectivity index (χ3n) is 3.09. The van der Waals surface area contributed by atoms with E-state index < -0.39 is 6.17 Å². The standard InChI is InChI=1S/C16H22F2O2/c17-15(5-3-11-19)10-13-20-12-2-1-4-14-6-8-16(18)9-7-14/h6-9,11,15H,1-5,10,12-13H2. The number of benzene rings is 1. The van der Waals surface area contributed by atoms with Crippen LogP contribution in [0, 0.1) is 5.82 Å². The number of hydrogen-bond donors (Lipinski definition) is 0. The molecule has 0 aliphatic heterocycles. The van der Waals surface area contributed by atoms with E-state index in [4.69, 9.17) is 4.74 Å². The molecule has 2 nitrogen and oxygen atoms in total.